The van der Waals surface area contributed by atoms with Crippen LogP contribution in [0.25, 0.3) is 0 Å². The third kappa shape index (κ3) is 3.48. The SMILES string of the molecule is CN1CC(NC(=O)C(C)(C)Br)CCC1=O. The van der Waals surface area contributed by atoms with Crippen LogP contribution in [0.1, 0.15) is 26.7 Å². The summed E-state index contributed by atoms with van der Waals surface area (Å²) in [5.74, 6) is 0.119. The largest absolute Gasteiger partial charge is 0.350 e. The second-order valence-corrected chi connectivity index (χ2v) is 6.44. The smallest absolute Gasteiger partial charge is 0.236 e. The molecule has 0 aliphatic carbocycles. The number of alkyl halides is 1. The maximum Gasteiger partial charge on any atom is 0.236 e. The molecule has 0 radical (unpaired) electrons. The van der Waals surface area contributed by atoms with Gasteiger partial charge >= 0.3 is 0 Å². The van der Waals surface area contributed by atoms with Gasteiger partial charge in [0, 0.05) is 26.1 Å². The van der Waals surface area contributed by atoms with Gasteiger partial charge in [0.2, 0.25) is 11.8 Å². The lowest BCUT2D eigenvalue weighted by Gasteiger charge is -2.31. The number of nitrogens with zero attached hydrogens (tertiary/aromatic N) is 1. The highest BCUT2D eigenvalue weighted by molar-refractivity contribution is 9.10. The molecule has 1 unspecified atom stereocenters. The highest BCUT2D eigenvalue weighted by Gasteiger charge is 2.29. The van der Waals surface area contributed by atoms with E-state index in [1.807, 2.05) is 0 Å². The van der Waals surface area contributed by atoms with Crippen molar-refractivity contribution >= 4 is 27.7 Å². The highest BCUT2D eigenvalue weighted by Crippen LogP contribution is 2.17. The van der Waals surface area contributed by atoms with Gasteiger partial charge in [-0.3, -0.25) is 9.59 Å². The van der Waals surface area contributed by atoms with E-state index in [0.717, 1.165) is 6.42 Å². The van der Waals surface area contributed by atoms with Gasteiger partial charge < -0.3 is 10.2 Å². The molecule has 1 aliphatic rings. The van der Waals surface area contributed by atoms with Crippen LogP contribution in [-0.4, -0.2) is 40.7 Å². The molecule has 0 bridgehead atoms. The van der Waals surface area contributed by atoms with Crippen molar-refractivity contribution in [3.63, 3.8) is 0 Å². The molecule has 1 rings (SSSR count). The third-order valence-corrected chi connectivity index (χ3v) is 2.86. The maximum atomic E-state index is 11.7. The lowest BCUT2D eigenvalue weighted by Crippen LogP contribution is -2.51. The van der Waals surface area contributed by atoms with Crippen LogP contribution in [0.15, 0.2) is 0 Å². The van der Waals surface area contributed by atoms with Crippen molar-refractivity contribution in [1.29, 1.82) is 0 Å². The number of rotatable bonds is 2. The van der Waals surface area contributed by atoms with Gasteiger partial charge in [-0.25, -0.2) is 0 Å². The van der Waals surface area contributed by atoms with Gasteiger partial charge in [0.15, 0.2) is 0 Å². The Kier molecular flexibility index (Phi) is 3.76. The van der Waals surface area contributed by atoms with E-state index >= 15 is 0 Å². The maximum absolute atomic E-state index is 11.7. The fourth-order valence-electron chi connectivity index (χ4n) is 1.49. The minimum atomic E-state index is -0.549. The zero-order valence-corrected chi connectivity index (χ0v) is 10.9. The van der Waals surface area contributed by atoms with E-state index in [-0.39, 0.29) is 17.9 Å². The first kappa shape index (κ1) is 12.5. The summed E-state index contributed by atoms with van der Waals surface area (Å²) in [6.07, 6.45) is 1.25. The standard InChI is InChI=1S/C10H17BrN2O2/c1-10(2,11)9(15)12-7-4-5-8(14)13(3)6-7/h7H,4-6H2,1-3H3,(H,12,15). The Morgan fingerprint density at radius 2 is 2.20 bits per heavy atom. The molecule has 1 heterocycles. The lowest BCUT2D eigenvalue weighted by molar-refractivity contribution is -0.134. The average Bonchev–Trinajstić information content (AvgIpc) is 2.10. The molecule has 0 saturated carbocycles. The van der Waals surface area contributed by atoms with Crippen LogP contribution in [-0.2, 0) is 9.59 Å². The van der Waals surface area contributed by atoms with Crippen molar-refractivity contribution < 1.29 is 9.59 Å². The van der Waals surface area contributed by atoms with Crippen LogP contribution in [0.3, 0.4) is 0 Å². The van der Waals surface area contributed by atoms with Crippen molar-refractivity contribution in [2.24, 2.45) is 0 Å². The Morgan fingerprint density at radius 1 is 1.60 bits per heavy atom. The van der Waals surface area contributed by atoms with E-state index in [0.29, 0.717) is 13.0 Å². The first-order valence-corrected chi connectivity index (χ1v) is 5.84. The van der Waals surface area contributed by atoms with E-state index in [1.54, 1.807) is 25.8 Å². The molecule has 0 aromatic rings. The Balaban J connectivity index is 2.47. The van der Waals surface area contributed by atoms with E-state index in [1.165, 1.54) is 0 Å². The van der Waals surface area contributed by atoms with Gasteiger partial charge in [-0.05, 0) is 20.3 Å². The molecular formula is C10H17BrN2O2. The van der Waals surface area contributed by atoms with Crippen molar-refractivity contribution in [3.05, 3.63) is 0 Å². The van der Waals surface area contributed by atoms with Gasteiger partial charge in [0.25, 0.3) is 0 Å². The van der Waals surface area contributed by atoms with Gasteiger partial charge in [-0.1, -0.05) is 15.9 Å². The van der Waals surface area contributed by atoms with Crippen LogP contribution >= 0.6 is 15.9 Å². The first-order valence-electron chi connectivity index (χ1n) is 5.04. The van der Waals surface area contributed by atoms with Gasteiger partial charge in [0.05, 0.1) is 4.32 Å². The molecule has 4 nitrogen and oxygen atoms in total. The molecule has 1 aliphatic heterocycles. The molecule has 0 aromatic heterocycles. The summed E-state index contributed by atoms with van der Waals surface area (Å²) in [6.45, 7) is 4.22. The number of carbonyl (C=O) groups excluding carboxylic acids is 2. The number of likely N-dealkylation sites (N-methyl/N-ethyl adjacent to an activating group) is 1. The van der Waals surface area contributed by atoms with Crippen LogP contribution in [0.2, 0.25) is 0 Å². The summed E-state index contributed by atoms with van der Waals surface area (Å²) in [5, 5.41) is 2.93. The van der Waals surface area contributed by atoms with E-state index in [2.05, 4.69) is 21.2 Å². The number of hydrogen-bond donors (Lipinski definition) is 1. The van der Waals surface area contributed by atoms with Crippen molar-refractivity contribution in [2.75, 3.05) is 13.6 Å². The Labute approximate surface area is 98.5 Å². The normalized spacial score (nSPS) is 22.8. The zero-order chi connectivity index (χ0) is 11.6. The Bertz CT molecular complexity index is 273. The molecule has 1 fully saturated rings. The number of nitrogens with one attached hydrogen (secondary N) is 1. The summed E-state index contributed by atoms with van der Waals surface area (Å²) in [7, 11) is 1.76. The second kappa shape index (κ2) is 4.51. The van der Waals surface area contributed by atoms with Gasteiger partial charge in [-0.2, -0.15) is 0 Å². The van der Waals surface area contributed by atoms with E-state index in [4.69, 9.17) is 0 Å². The van der Waals surface area contributed by atoms with Crippen LogP contribution < -0.4 is 5.32 Å². The van der Waals surface area contributed by atoms with Crippen molar-refractivity contribution in [1.82, 2.24) is 10.2 Å². The quantitative estimate of drug-likeness (QED) is 0.762. The molecule has 86 valence electrons. The molecule has 0 spiro atoms. The van der Waals surface area contributed by atoms with Gasteiger partial charge in [-0.15, -0.1) is 0 Å². The number of likely N-dealkylation sites (tertiary alicyclic amines) is 1. The fourth-order valence-corrected chi connectivity index (χ4v) is 1.60. The van der Waals surface area contributed by atoms with Crippen molar-refractivity contribution in [3.8, 4) is 0 Å². The van der Waals surface area contributed by atoms with Crippen LogP contribution in [0.4, 0.5) is 0 Å². The predicted molar refractivity (Wildman–Crippen MR) is 61.8 cm³/mol. The van der Waals surface area contributed by atoms with Crippen molar-refractivity contribution in [2.45, 2.75) is 37.1 Å². The number of carbonyl (C=O) groups is 2. The summed E-state index contributed by atoms with van der Waals surface area (Å²) in [4.78, 5) is 24.5. The Hall–Kier alpha value is -0.580. The first-order chi connectivity index (χ1) is 6.80. The third-order valence-electron chi connectivity index (χ3n) is 2.50. The summed E-state index contributed by atoms with van der Waals surface area (Å²) in [5.41, 5.74) is 0. The second-order valence-electron chi connectivity index (χ2n) is 4.46. The summed E-state index contributed by atoms with van der Waals surface area (Å²) < 4.78 is -0.549. The zero-order valence-electron chi connectivity index (χ0n) is 9.34. The predicted octanol–water partition coefficient (Wildman–Crippen LogP) is 0.897. The lowest BCUT2D eigenvalue weighted by atomic mass is 10.0. The topological polar surface area (TPSA) is 49.4 Å². The van der Waals surface area contributed by atoms with E-state index in [9.17, 15) is 9.59 Å². The average molecular weight is 277 g/mol. The molecule has 15 heavy (non-hydrogen) atoms. The molecule has 2 amide bonds. The minimum absolute atomic E-state index is 0.0322. The molecule has 0 aromatic carbocycles. The molecule has 1 N–H and O–H groups in total. The number of hydrogen-bond acceptors (Lipinski definition) is 2. The number of piperidine rings is 1. The molecule has 5 heteroatoms. The number of halogens is 1. The van der Waals surface area contributed by atoms with Gasteiger partial charge in [0.1, 0.15) is 0 Å². The Morgan fingerprint density at radius 3 is 2.67 bits per heavy atom. The van der Waals surface area contributed by atoms with Crippen LogP contribution in [0.5, 0.6) is 0 Å². The minimum Gasteiger partial charge on any atom is -0.350 e. The molecule has 1 atom stereocenters. The molecule has 1 saturated heterocycles. The summed E-state index contributed by atoms with van der Waals surface area (Å²) >= 11 is 3.31. The fraction of sp³-hybridized carbons (Fsp3) is 0.800. The van der Waals surface area contributed by atoms with Crippen LogP contribution in [0, 0.1) is 0 Å². The molecular weight excluding hydrogens is 260 g/mol. The monoisotopic (exact) mass is 276 g/mol. The highest BCUT2D eigenvalue weighted by atomic mass is 79.9. The number of amides is 2. The summed E-state index contributed by atoms with van der Waals surface area (Å²) in [6, 6.07) is 0.0806. The van der Waals surface area contributed by atoms with E-state index < -0.39 is 4.32 Å².